The first-order chi connectivity index (χ1) is 5.60. The number of nitrogens with zero attached hydrogens (tertiary/aromatic N) is 1. The molecule has 1 aliphatic rings. The third kappa shape index (κ3) is 2.11. The summed E-state index contributed by atoms with van der Waals surface area (Å²) in [5, 5.41) is 8.79. The summed E-state index contributed by atoms with van der Waals surface area (Å²) in [6.45, 7) is 6.63. The molecule has 0 heterocycles. The van der Waals surface area contributed by atoms with E-state index in [9.17, 15) is 0 Å². The number of nitriles is 1. The smallest absolute Gasteiger partial charge is 0.0943 e. The Morgan fingerprint density at radius 3 is 2.58 bits per heavy atom. The van der Waals surface area contributed by atoms with Gasteiger partial charge in [0, 0.05) is 5.57 Å². The first-order valence-electron chi connectivity index (χ1n) is 4.71. The van der Waals surface area contributed by atoms with Crippen LogP contribution in [0, 0.1) is 22.7 Å². The van der Waals surface area contributed by atoms with E-state index >= 15 is 0 Å². The predicted molar refractivity (Wildman–Crippen MR) is 50.5 cm³/mol. The van der Waals surface area contributed by atoms with Crippen molar-refractivity contribution in [3.05, 3.63) is 11.6 Å². The molecule has 0 amide bonds. The minimum atomic E-state index is 0.468. The summed E-state index contributed by atoms with van der Waals surface area (Å²) in [7, 11) is 0. The van der Waals surface area contributed by atoms with Crippen LogP contribution in [0.3, 0.4) is 0 Å². The minimum Gasteiger partial charge on any atom is -0.193 e. The molecule has 1 nitrogen and oxygen atoms in total. The Balaban J connectivity index is 2.51. The molecule has 0 radical (unpaired) electrons. The quantitative estimate of drug-likeness (QED) is 0.586. The maximum absolute atomic E-state index is 8.79. The minimum absolute atomic E-state index is 0.468. The average Bonchev–Trinajstić information content (AvgIpc) is 2.58. The van der Waals surface area contributed by atoms with Crippen LogP contribution in [0.15, 0.2) is 11.6 Å². The van der Waals surface area contributed by atoms with E-state index in [2.05, 4.69) is 32.9 Å². The first-order valence-corrected chi connectivity index (χ1v) is 4.71. The molecule has 1 atom stereocenters. The standard InChI is InChI=1S/C11H17N/c1-4-5-9(8-12)6-10-7-11(10,2)3/h6,10H,4-5,7H2,1-3H3/b9-6+. The fourth-order valence-electron chi connectivity index (χ4n) is 1.48. The Morgan fingerprint density at radius 2 is 2.25 bits per heavy atom. The molecule has 0 bridgehead atoms. The van der Waals surface area contributed by atoms with Crippen LogP contribution in [0.4, 0.5) is 0 Å². The molecule has 1 fully saturated rings. The lowest BCUT2D eigenvalue weighted by molar-refractivity contribution is 0.608. The van der Waals surface area contributed by atoms with Gasteiger partial charge in [0.2, 0.25) is 0 Å². The summed E-state index contributed by atoms with van der Waals surface area (Å²) < 4.78 is 0. The average molecular weight is 163 g/mol. The van der Waals surface area contributed by atoms with E-state index in [1.807, 2.05) is 0 Å². The van der Waals surface area contributed by atoms with Crippen LogP contribution in [0.1, 0.15) is 40.0 Å². The summed E-state index contributed by atoms with van der Waals surface area (Å²) >= 11 is 0. The lowest BCUT2D eigenvalue weighted by Crippen LogP contribution is -1.88. The van der Waals surface area contributed by atoms with Crippen molar-refractivity contribution in [2.75, 3.05) is 0 Å². The van der Waals surface area contributed by atoms with Gasteiger partial charge in [-0.2, -0.15) is 5.26 Å². The van der Waals surface area contributed by atoms with Gasteiger partial charge in [-0.15, -0.1) is 0 Å². The Hall–Kier alpha value is -0.770. The van der Waals surface area contributed by atoms with Crippen molar-refractivity contribution in [3.8, 4) is 6.07 Å². The van der Waals surface area contributed by atoms with Crippen LogP contribution in [0.2, 0.25) is 0 Å². The summed E-state index contributed by atoms with van der Waals surface area (Å²) in [5.74, 6) is 0.665. The molecule has 1 saturated carbocycles. The van der Waals surface area contributed by atoms with E-state index in [4.69, 9.17) is 5.26 Å². The van der Waals surface area contributed by atoms with Gasteiger partial charge in [0.25, 0.3) is 0 Å². The summed E-state index contributed by atoms with van der Waals surface area (Å²) in [6.07, 6.45) is 5.45. The predicted octanol–water partition coefficient (Wildman–Crippen LogP) is 3.28. The van der Waals surface area contributed by atoms with Crippen LogP contribution in [0.5, 0.6) is 0 Å². The molecule has 0 N–H and O–H groups in total. The fraction of sp³-hybridized carbons (Fsp3) is 0.727. The molecular formula is C11H17N. The van der Waals surface area contributed by atoms with Gasteiger partial charge in [0.05, 0.1) is 6.07 Å². The Bertz CT molecular complexity index is 230. The maximum atomic E-state index is 8.79. The lowest BCUT2D eigenvalue weighted by atomic mass is 10.1. The third-order valence-electron chi connectivity index (χ3n) is 2.65. The third-order valence-corrected chi connectivity index (χ3v) is 2.65. The molecule has 0 aliphatic heterocycles. The highest BCUT2D eigenvalue weighted by atomic mass is 14.5. The van der Waals surface area contributed by atoms with Crippen molar-refractivity contribution >= 4 is 0 Å². The van der Waals surface area contributed by atoms with Gasteiger partial charge < -0.3 is 0 Å². The van der Waals surface area contributed by atoms with Gasteiger partial charge in [-0.1, -0.05) is 33.3 Å². The summed E-state index contributed by atoms with van der Waals surface area (Å²) in [5.41, 5.74) is 1.45. The van der Waals surface area contributed by atoms with E-state index in [1.54, 1.807) is 0 Å². The number of rotatable bonds is 3. The van der Waals surface area contributed by atoms with Gasteiger partial charge in [0.1, 0.15) is 0 Å². The fourth-order valence-corrected chi connectivity index (χ4v) is 1.48. The van der Waals surface area contributed by atoms with Crippen molar-refractivity contribution in [3.63, 3.8) is 0 Å². The van der Waals surface area contributed by atoms with Crippen molar-refractivity contribution in [2.24, 2.45) is 11.3 Å². The Labute approximate surface area is 75.1 Å². The largest absolute Gasteiger partial charge is 0.193 e. The SMILES string of the molecule is CCC/C(C#N)=C\C1CC1(C)C. The van der Waals surface area contributed by atoms with Gasteiger partial charge >= 0.3 is 0 Å². The zero-order valence-corrected chi connectivity index (χ0v) is 8.22. The molecule has 0 aromatic heterocycles. The van der Waals surface area contributed by atoms with E-state index in [0.717, 1.165) is 18.4 Å². The normalized spacial score (nSPS) is 26.5. The molecule has 1 rings (SSSR count). The molecule has 0 spiro atoms. The van der Waals surface area contributed by atoms with Crippen LogP contribution >= 0.6 is 0 Å². The first kappa shape index (κ1) is 9.32. The van der Waals surface area contributed by atoms with Crippen LogP contribution in [0.25, 0.3) is 0 Å². The second-order valence-electron chi connectivity index (χ2n) is 4.35. The Morgan fingerprint density at radius 1 is 1.67 bits per heavy atom. The summed E-state index contributed by atoms with van der Waals surface area (Å²) in [6, 6.07) is 2.27. The molecule has 0 saturated heterocycles. The second-order valence-corrected chi connectivity index (χ2v) is 4.35. The Kier molecular flexibility index (Phi) is 2.57. The molecule has 1 aliphatic carbocycles. The molecule has 12 heavy (non-hydrogen) atoms. The van der Waals surface area contributed by atoms with Crippen molar-refractivity contribution < 1.29 is 0 Å². The van der Waals surface area contributed by atoms with Gasteiger partial charge in [-0.05, 0) is 24.2 Å². The van der Waals surface area contributed by atoms with Gasteiger partial charge in [-0.3, -0.25) is 0 Å². The zero-order chi connectivity index (χ0) is 9.19. The van der Waals surface area contributed by atoms with Gasteiger partial charge in [0.15, 0.2) is 0 Å². The monoisotopic (exact) mass is 163 g/mol. The number of hydrogen-bond acceptors (Lipinski definition) is 1. The maximum Gasteiger partial charge on any atom is 0.0943 e. The van der Waals surface area contributed by atoms with Crippen LogP contribution in [-0.4, -0.2) is 0 Å². The van der Waals surface area contributed by atoms with E-state index < -0.39 is 0 Å². The number of hydrogen-bond donors (Lipinski definition) is 0. The molecule has 1 heteroatoms. The highest BCUT2D eigenvalue weighted by Crippen LogP contribution is 2.52. The molecule has 66 valence electrons. The van der Waals surface area contributed by atoms with Crippen molar-refractivity contribution in [1.29, 1.82) is 5.26 Å². The topological polar surface area (TPSA) is 23.8 Å². The molecular weight excluding hydrogens is 146 g/mol. The van der Waals surface area contributed by atoms with Crippen molar-refractivity contribution in [1.82, 2.24) is 0 Å². The highest BCUT2D eigenvalue weighted by Gasteiger charge is 2.43. The molecule has 0 aromatic rings. The molecule has 0 aromatic carbocycles. The van der Waals surface area contributed by atoms with Crippen molar-refractivity contribution in [2.45, 2.75) is 40.0 Å². The van der Waals surface area contributed by atoms with E-state index in [-0.39, 0.29) is 0 Å². The highest BCUT2D eigenvalue weighted by molar-refractivity contribution is 5.25. The lowest BCUT2D eigenvalue weighted by Gasteiger charge is -1.98. The summed E-state index contributed by atoms with van der Waals surface area (Å²) in [4.78, 5) is 0. The van der Waals surface area contributed by atoms with E-state index in [0.29, 0.717) is 11.3 Å². The van der Waals surface area contributed by atoms with Crippen LogP contribution in [-0.2, 0) is 0 Å². The van der Waals surface area contributed by atoms with Gasteiger partial charge in [-0.25, -0.2) is 0 Å². The molecule has 1 unspecified atom stereocenters. The van der Waals surface area contributed by atoms with Crippen LogP contribution < -0.4 is 0 Å². The zero-order valence-electron chi connectivity index (χ0n) is 8.22. The number of allylic oxidation sites excluding steroid dienone is 2. The van der Waals surface area contributed by atoms with E-state index in [1.165, 1.54) is 6.42 Å². The second kappa shape index (κ2) is 3.31.